The minimum atomic E-state index is -5.11. The Hall–Kier alpha value is -5.88. The zero-order valence-corrected chi connectivity index (χ0v) is 28.4. The maximum absolute atomic E-state index is 12.7. The largest absolute Gasteiger partial charge is 0.497 e. The van der Waals surface area contributed by atoms with Gasteiger partial charge in [-0.1, -0.05) is 78.6 Å². The van der Waals surface area contributed by atoms with Crippen molar-refractivity contribution in [3.05, 3.63) is 135 Å². The van der Waals surface area contributed by atoms with Crippen LogP contribution in [0.25, 0.3) is 10.9 Å². The number of methoxy groups -OCH3 is 2. The SMILES string of the molecule is COc1ccc(C(OC(c2ccccc2)C2OC(n3c([N+](=O)[O-])c(C#CCNC(=O)C(F)(F)F)c4ccccc43)CC2O)c2ccc(OC)cc2)cc1. The highest BCUT2D eigenvalue weighted by molar-refractivity contribution is 5.91. The van der Waals surface area contributed by atoms with Gasteiger partial charge in [-0.25, -0.2) is 0 Å². The normalized spacial score (nSPS) is 17.6. The maximum atomic E-state index is 12.7. The summed E-state index contributed by atoms with van der Waals surface area (Å²) in [5.41, 5.74) is 2.52. The summed E-state index contributed by atoms with van der Waals surface area (Å²) in [6.07, 6.45) is -9.99. The van der Waals surface area contributed by atoms with Gasteiger partial charge < -0.3 is 39.5 Å². The number of hydrogen-bond acceptors (Lipinski definition) is 8. The Balaban J connectivity index is 1.38. The lowest BCUT2D eigenvalue weighted by molar-refractivity contribution is -0.393. The molecule has 2 heterocycles. The molecule has 1 aromatic heterocycles. The Labute approximate surface area is 302 Å². The number of nitrogens with zero attached hydrogens (tertiary/aromatic N) is 2. The van der Waals surface area contributed by atoms with Crippen LogP contribution >= 0.6 is 0 Å². The third-order valence-electron chi connectivity index (χ3n) is 8.84. The molecule has 1 aliphatic heterocycles. The molecular formula is C39H34F3N3O8. The molecular weight excluding hydrogens is 695 g/mol. The molecule has 274 valence electrons. The number of para-hydroxylation sites is 1. The van der Waals surface area contributed by atoms with Crippen LogP contribution in [0.15, 0.2) is 103 Å². The van der Waals surface area contributed by atoms with Gasteiger partial charge in [-0.05, 0) is 58.0 Å². The Bertz CT molecular complexity index is 2080. The van der Waals surface area contributed by atoms with E-state index in [4.69, 9.17) is 18.9 Å². The van der Waals surface area contributed by atoms with E-state index in [2.05, 4.69) is 11.8 Å². The summed E-state index contributed by atoms with van der Waals surface area (Å²) in [5.74, 6) is 3.61. The molecule has 53 heavy (non-hydrogen) atoms. The summed E-state index contributed by atoms with van der Waals surface area (Å²) in [7, 11) is 3.14. The molecule has 11 nitrogen and oxygen atoms in total. The molecule has 1 aliphatic rings. The van der Waals surface area contributed by atoms with E-state index in [1.165, 1.54) is 4.57 Å². The zero-order valence-electron chi connectivity index (χ0n) is 28.4. The molecule has 0 aliphatic carbocycles. The first-order valence-electron chi connectivity index (χ1n) is 16.4. The average Bonchev–Trinajstić information content (AvgIpc) is 3.71. The van der Waals surface area contributed by atoms with Crippen molar-refractivity contribution in [1.82, 2.24) is 9.88 Å². The Morgan fingerprint density at radius 3 is 2.09 bits per heavy atom. The van der Waals surface area contributed by atoms with E-state index in [-0.39, 0.29) is 12.0 Å². The van der Waals surface area contributed by atoms with Gasteiger partial charge in [-0.3, -0.25) is 4.79 Å². The van der Waals surface area contributed by atoms with E-state index < -0.39 is 60.0 Å². The van der Waals surface area contributed by atoms with Crippen LogP contribution in [0.1, 0.15) is 47.1 Å². The van der Waals surface area contributed by atoms with Crippen molar-refractivity contribution < 1.29 is 46.9 Å². The van der Waals surface area contributed by atoms with Gasteiger partial charge in [0.2, 0.25) is 6.23 Å². The number of hydrogen-bond donors (Lipinski definition) is 2. The fraction of sp³-hybridized carbons (Fsp3) is 0.256. The number of aliphatic hydroxyl groups is 1. The second kappa shape index (κ2) is 15.8. The monoisotopic (exact) mass is 729 g/mol. The molecule has 1 fully saturated rings. The molecule has 0 bridgehead atoms. The molecule has 1 amide bonds. The minimum Gasteiger partial charge on any atom is -0.497 e. The van der Waals surface area contributed by atoms with Gasteiger partial charge in [0, 0.05) is 11.8 Å². The van der Waals surface area contributed by atoms with Crippen LogP contribution in [0.2, 0.25) is 0 Å². The van der Waals surface area contributed by atoms with Crippen molar-refractivity contribution in [2.24, 2.45) is 0 Å². The van der Waals surface area contributed by atoms with Crippen molar-refractivity contribution in [3.63, 3.8) is 0 Å². The highest BCUT2D eigenvalue weighted by Gasteiger charge is 2.46. The molecule has 5 aromatic rings. The first-order chi connectivity index (χ1) is 25.5. The second-order valence-corrected chi connectivity index (χ2v) is 12.1. The van der Waals surface area contributed by atoms with E-state index >= 15 is 0 Å². The number of aliphatic hydroxyl groups excluding tert-OH is 1. The Kier molecular flexibility index (Phi) is 11.0. The van der Waals surface area contributed by atoms with E-state index in [0.29, 0.717) is 28.0 Å². The summed E-state index contributed by atoms with van der Waals surface area (Å²) < 4.78 is 63.5. The molecule has 0 saturated carbocycles. The summed E-state index contributed by atoms with van der Waals surface area (Å²) >= 11 is 0. The predicted molar refractivity (Wildman–Crippen MR) is 187 cm³/mol. The number of carbonyl (C=O) groups excluding carboxylic acids is 1. The lowest BCUT2D eigenvalue weighted by atomic mass is 9.97. The first-order valence-corrected chi connectivity index (χ1v) is 16.4. The predicted octanol–water partition coefficient (Wildman–Crippen LogP) is 6.79. The highest BCUT2D eigenvalue weighted by atomic mass is 19.4. The Morgan fingerprint density at radius 1 is 0.943 bits per heavy atom. The van der Waals surface area contributed by atoms with E-state index in [9.17, 15) is 33.2 Å². The molecule has 0 spiro atoms. The highest BCUT2D eigenvalue weighted by Crippen LogP contribution is 2.45. The maximum Gasteiger partial charge on any atom is 0.471 e. The topological polar surface area (TPSA) is 134 Å². The van der Waals surface area contributed by atoms with E-state index in [0.717, 1.165) is 11.1 Å². The van der Waals surface area contributed by atoms with Crippen LogP contribution in [0.4, 0.5) is 19.0 Å². The van der Waals surface area contributed by atoms with Crippen molar-refractivity contribution >= 4 is 22.6 Å². The number of benzene rings is 4. The minimum absolute atomic E-state index is 0.0683. The van der Waals surface area contributed by atoms with Crippen molar-refractivity contribution in [2.45, 2.75) is 43.2 Å². The van der Waals surface area contributed by atoms with E-state index in [1.54, 1.807) is 43.8 Å². The lowest BCUT2D eigenvalue weighted by Gasteiger charge is -2.31. The lowest BCUT2D eigenvalue weighted by Crippen LogP contribution is -2.36. The standard InChI is InChI=1S/C39H34F3N3O8/c1-50-27-18-14-25(15-19-27)34(26-16-20-28(51-2)21-17-26)53-35(24-9-4-3-5-10-24)36-32(46)23-33(52-36)44-31-13-7-6-11-29(31)30(37(44)45(48)49)12-8-22-43-38(47)39(40,41)42/h3-7,9-11,13-21,32-36,46H,22-23H2,1-2H3,(H,43,47). The van der Waals surface area contributed by atoms with Crippen molar-refractivity contribution in [1.29, 1.82) is 0 Å². The number of alkyl halides is 3. The summed E-state index contributed by atoms with van der Waals surface area (Å²) in [6, 6.07) is 30.4. The number of carbonyl (C=O) groups is 1. The molecule has 2 N–H and O–H groups in total. The van der Waals surface area contributed by atoms with Crippen LogP contribution in [0.5, 0.6) is 11.5 Å². The van der Waals surface area contributed by atoms with Crippen LogP contribution in [-0.2, 0) is 14.3 Å². The van der Waals surface area contributed by atoms with Gasteiger partial charge in [0.15, 0.2) is 0 Å². The van der Waals surface area contributed by atoms with Gasteiger partial charge in [0.25, 0.3) is 0 Å². The van der Waals surface area contributed by atoms with Gasteiger partial charge in [0.05, 0.1) is 26.9 Å². The fourth-order valence-corrected chi connectivity index (χ4v) is 6.35. The van der Waals surface area contributed by atoms with Gasteiger partial charge in [-0.2, -0.15) is 17.7 Å². The molecule has 6 rings (SSSR count). The van der Waals surface area contributed by atoms with Gasteiger partial charge in [-0.15, -0.1) is 0 Å². The molecule has 0 radical (unpaired) electrons. The summed E-state index contributed by atoms with van der Waals surface area (Å²) in [6.45, 7) is -0.699. The first kappa shape index (κ1) is 36.9. The number of aromatic nitrogens is 1. The Morgan fingerprint density at radius 2 is 1.53 bits per heavy atom. The molecule has 4 aromatic carbocycles. The second-order valence-electron chi connectivity index (χ2n) is 12.1. The number of nitrogens with one attached hydrogen (secondary N) is 1. The number of halogens is 3. The molecule has 1 saturated heterocycles. The average molecular weight is 730 g/mol. The van der Waals surface area contributed by atoms with Crippen LogP contribution in [0, 0.1) is 22.0 Å². The van der Waals surface area contributed by atoms with E-state index in [1.807, 2.05) is 78.9 Å². The van der Waals surface area contributed by atoms with Crippen molar-refractivity contribution in [3.8, 4) is 23.3 Å². The van der Waals surface area contributed by atoms with Crippen LogP contribution < -0.4 is 14.8 Å². The van der Waals surface area contributed by atoms with Crippen LogP contribution in [0.3, 0.4) is 0 Å². The summed E-state index contributed by atoms with van der Waals surface area (Å²) in [5, 5.41) is 26.3. The fourth-order valence-electron chi connectivity index (χ4n) is 6.35. The quantitative estimate of drug-likeness (QED) is 0.0863. The smallest absolute Gasteiger partial charge is 0.471 e. The number of amides is 1. The number of rotatable bonds is 11. The van der Waals surface area contributed by atoms with Crippen LogP contribution in [-0.4, -0.2) is 59.7 Å². The molecule has 14 heteroatoms. The number of nitro groups is 1. The number of fused-ring (bicyclic) bond motifs is 1. The summed E-state index contributed by atoms with van der Waals surface area (Å²) in [4.78, 5) is 23.3. The van der Waals surface area contributed by atoms with Crippen molar-refractivity contribution in [2.75, 3.05) is 20.8 Å². The van der Waals surface area contributed by atoms with Gasteiger partial charge in [0.1, 0.15) is 40.9 Å². The third-order valence-corrected chi connectivity index (χ3v) is 8.84. The number of ether oxygens (including phenoxy) is 4. The van der Waals surface area contributed by atoms with Gasteiger partial charge >= 0.3 is 17.9 Å². The molecule has 4 atom stereocenters. The zero-order chi connectivity index (χ0) is 37.7. The third kappa shape index (κ3) is 7.97. The molecule has 4 unspecified atom stereocenters.